The molecule has 1 aromatic rings. The molecule has 1 rings (SSSR count). The van der Waals surface area contributed by atoms with Gasteiger partial charge in [0.25, 0.3) is 0 Å². The van der Waals surface area contributed by atoms with Crippen LogP contribution in [0, 0.1) is 0 Å². The second-order valence-corrected chi connectivity index (χ2v) is 2.40. The minimum Gasteiger partial charge on any atom is -0.465 e. The summed E-state index contributed by atoms with van der Waals surface area (Å²) in [5.74, 6) is 0.786. The van der Waals surface area contributed by atoms with E-state index in [-0.39, 0.29) is 0 Å². The second-order valence-electron chi connectivity index (χ2n) is 2.40. The molecule has 0 saturated carbocycles. The number of hydrogen-bond donors (Lipinski definition) is 0. The van der Waals surface area contributed by atoms with Gasteiger partial charge in [0.05, 0.1) is 6.26 Å². The second kappa shape index (κ2) is 4.34. The van der Waals surface area contributed by atoms with E-state index in [2.05, 4.69) is 0 Å². The fourth-order valence-electron chi connectivity index (χ4n) is 0.763. The first-order valence-corrected chi connectivity index (χ1v) is 3.66. The highest BCUT2D eigenvalue weighted by molar-refractivity contribution is 5.67. The van der Waals surface area contributed by atoms with Crippen molar-refractivity contribution in [2.45, 2.75) is 6.92 Å². The van der Waals surface area contributed by atoms with Crippen molar-refractivity contribution in [1.29, 1.82) is 0 Å². The summed E-state index contributed by atoms with van der Waals surface area (Å²) in [6, 6.07) is 3.67. The Hall–Kier alpha value is -1.57. The zero-order chi connectivity index (χ0) is 8.81. The van der Waals surface area contributed by atoms with Gasteiger partial charge in [-0.1, -0.05) is 6.08 Å². The average Bonchev–Trinajstić information content (AvgIpc) is 2.53. The maximum Gasteiger partial charge on any atom is 0.143 e. The van der Waals surface area contributed by atoms with E-state index in [1.165, 1.54) is 6.08 Å². The molecule has 0 fully saturated rings. The molecule has 0 aliphatic carbocycles. The fraction of sp³-hybridized carbons (Fsp3) is 0.100. The van der Waals surface area contributed by atoms with E-state index in [1.54, 1.807) is 6.26 Å². The van der Waals surface area contributed by atoms with Gasteiger partial charge in [-0.05, 0) is 36.8 Å². The van der Waals surface area contributed by atoms with Crippen LogP contribution in [0.4, 0.5) is 0 Å². The number of furan rings is 1. The lowest BCUT2D eigenvalue weighted by atomic mass is 10.2. The van der Waals surface area contributed by atoms with Crippen LogP contribution in [0.5, 0.6) is 0 Å². The van der Waals surface area contributed by atoms with E-state index in [9.17, 15) is 4.79 Å². The Kier molecular flexibility index (Phi) is 3.08. The number of rotatable bonds is 3. The Labute approximate surface area is 71.2 Å². The van der Waals surface area contributed by atoms with Crippen molar-refractivity contribution in [3.8, 4) is 0 Å². The van der Waals surface area contributed by atoms with Crippen molar-refractivity contribution >= 4 is 12.4 Å². The van der Waals surface area contributed by atoms with Gasteiger partial charge in [0.1, 0.15) is 12.0 Å². The van der Waals surface area contributed by atoms with Crippen LogP contribution in [0.3, 0.4) is 0 Å². The molecule has 0 spiro atoms. The molecule has 0 saturated heterocycles. The molecule has 0 unspecified atom stereocenters. The van der Waals surface area contributed by atoms with Crippen LogP contribution in [-0.4, -0.2) is 6.29 Å². The SMILES string of the molecule is CC(/C=C/c1ccco1)=C\C=O. The van der Waals surface area contributed by atoms with Gasteiger partial charge in [-0.15, -0.1) is 0 Å². The number of carbonyl (C=O) groups excluding carboxylic acids is 1. The minimum absolute atomic E-state index is 0.766. The quantitative estimate of drug-likeness (QED) is 0.388. The summed E-state index contributed by atoms with van der Waals surface area (Å²) in [5.41, 5.74) is 0.904. The average molecular weight is 162 g/mol. The monoisotopic (exact) mass is 162 g/mol. The summed E-state index contributed by atoms with van der Waals surface area (Å²) in [6.07, 6.45) is 7.52. The fourth-order valence-corrected chi connectivity index (χ4v) is 0.763. The van der Waals surface area contributed by atoms with Gasteiger partial charge in [0.15, 0.2) is 0 Å². The third-order valence-electron chi connectivity index (χ3n) is 1.38. The maximum atomic E-state index is 10.0. The van der Waals surface area contributed by atoms with Crippen molar-refractivity contribution in [3.63, 3.8) is 0 Å². The van der Waals surface area contributed by atoms with Crippen molar-refractivity contribution < 1.29 is 9.21 Å². The number of hydrogen-bond acceptors (Lipinski definition) is 2. The number of allylic oxidation sites excluding steroid dienone is 3. The van der Waals surface area contributed by atoms with Gasteiger partial charge in [-0.25, -0.2) is 0 Å². The van der Waals surface area contributed by atoms with Crippen LogP contribution in [0.25, 0.3) is 6.08 Å². The molecule has 0 aromatic carbocycles. The summed E-state index contributed by atoms with van der Waals surface area (Å²) in [4.78, 5) is 10.0. The first-order valence-electron chi connectivity index (χ1n) is 3.66. The Balaban J connectivity index is 2.62. The van der Waals surface area contributed by atoms with E-state index < -0.39 is 0 Å². The normalized spacial score (nSPS) is 12.2. The van der Waals surface area contributed by atoms with Gasteiger partial charge >= 0.3 is 0 Å². The summed E-state index contributed by atoms with van der Waals surface area (Å²) < 4.78 is 5.06. The molecule has 0 atom stereocenters. The zero-order valence-electron chi connectivity index (χ0n) is 6.86. The highest BCUT2D eigenvalue weighted by Crippen LogP contribution is 2.04. The first kappa shape index (κ1) is 8.53. The highest BCUT2D eigenvalue weighted by Gasteiger charge is 1.86. The van der Waals surface area contributed by atoms with Crippen LogP contribution in [0.2, 0.25) is 0 Å². The molecule has 1 heterocycles. The Bertz CT molecular complexity index is 292. The van der Waals surface area contributed by atoms with Crippen LogP contribution in [0.15, 0.2) is 40.5 Å². The minimum atomic E-state index is 0.766. The van der Waals surface area contributed by atoms with Crippen molar-refractivity contribution in [2.24, 2.45) is 0 Å². The molecule has 0 radical (unpaired) electrons. The Morgan fingerprint density at radius 3 is 3.00 bits per heavy atom. The van der Waals surface area contributed by atoms with Crippen LogP contribution < -0.4 is 0 Å². The van der Waals surface area contributed by atoms with Crippen molar-refractivity contribution in [3.05, 3.63) is 41.9 Å². The Morgan fingerprint density at radius 2 is 2.42 bits per heavy atom. The third-order valence-corrected chi connectivity index (χ3v) is 1.38. The van der Waals surface area contributed by atoms with Gasteiger partial charge in [0, 0.05) is 0 Å². The van der Waals surface area contributed by atoms with Crippen LogP contribution >= 0.6 is 0 Å². The molecule has 2 nitrogen and oxygen atoms in total. The number of carbonyl (C=O) groups is 1. The van der Waals surface area contributed by atoms with E-state index in [4.69, 9.17) is 4.42 Å². The first-order chi connectivity index (χ1) is 5.83. The number of aldehydes is 1. The summed E-state index contributed by atoms with van der Waals surface area (Å²) in [6.45, 7) is 1.86. The molecule has 62 valence electrons. The largest absolute Gasteiger partial charge is 0.465 e. The smallest absolute Gasteiger partial charge is 0.143 e. The molecule has 0 N–H and O–H groups in total. The molecule has 1 aromatic heterocycles. The van der Waals surface area contributed by atoms with Gasteiger partial charge in [-0.3, -0.25) is 4.79 Å². The van der Waals surface area contributed by atoms with Crippen LogP contribution in [-0.2, 0) is 4.79 Å². The molecule has 0 aliphatic rings. The predicted molar refractivity (Wildman–Crippen MR) is 47.6 cm³/mol. The predicted octanol–water partition coefficient (Wildman–Crippen LogP) is 2.44. The molecule has 0 bridgehead atoms. The topological polar surface area (TPSA) is 30.2 Å². The maximum absolute atomic E-state index is 10.0. The Morgan fingerprint density at radius 1 is 1.58 bits per heavy atom. The summed E-state index contributed by atoms with van der Waals surface area (Å²) in [7, 11) is 0. The van der Waals surface area contributed by atoms with E-state index in [1.807, 2.05) is 31.2 Å². The third kappa shape index (κ3) is 2.58. The molecule has 0 amide bonds. The molecular weight excluding hydrogens is 152 g/mol. The van der Waals surface area contributed by atoms with Gasteiger partial charge in [0.2, 0.25) is 0 Å². The molecular formula is C10H10O2. The lowest BCUT2D eigenvalue weighted by Gasteiger charge is -1.85. The van der Waals surface area contributed by atoms with Gasteiger partial charge < -0.3 is 4.42 Å². The molecule has 2 heteroatoms. The van der Waals surface area contributed by atoms with Crippen molar-refractivity contribution in [1.82, 2.24) is 0 Å². The van der Waals surface area contributed by atoms with Crippen LogP contribution in [0.1, 0.15) is 12.7 Å². The lowest BCUT2D eigenvalue weighted by molar-refractivity contribution is -0.104. The van der Waals surface area contributed by atoms with Crippen molar-refractivity contribution in [2.75, 3.05) is 0 Å². The van der Waals surface area contributed by atoms with Gasteiger partial charge in [-0.2, -0.15) is 0 Å². The van der Waals surface area contributed by atoms with E-state index >= 15 is 0 Å². The summed E-state index contributed by atoms with van der Waals surface area (Å²) >= 11 is 0. The molecule has 0 aliphatic heterocycles. The van der Waals surface area contributed by atoms with E-state index in [0.717, 1.165) is 17.6 Å². The zero-order valence-corrected chi connectivity index (χ0v) is 6.86. The molecule has 12 heavy (non-hydrogen) atoms. The van der Waals surface area contributed by atoms with E-state index in [0.29, 0.717) is 0 Å². The standard InChI is InChI=1S/C10H10O2/c1-9(6-7-11)4-5-10-3-2-8-12-10/h2-8H,1H3/b5-4+,9-6+. The summed E-state index contributed by atoms with van der Waals surface area (Å²) in [5, 5.41) is 0. The highest BCUT2D eigenvalue weighted by atomic mass is 16.3. The lowest BCUT2D eigenvalue weighted by Crippen LogP contribution is -1.69.